The van der Waals surface area contributed by atoms with Crippen molar-refractivity contribution in [3.05, 3.63) is 71.4 Å². The van der Waals surface area contributed by atoms with Crippen LogP contribution in [0.3, 0.4) is 0 Å². The van der Waals surface area contributed by atoms with Gasteiger partial charge in [-0.05, 0) is 54.4 Å². The van der Waals surface area contributed by atoms with Crippen molar-refractivity contribution in [2.24, 2.45) is 11.1 Å². The maximum atomic E-state index is 14.6. The predicted octanol–water partition coefficient (Wildman–Crippen LogP) is 6.32. The summed E-state index contributed by atoms with van der Waals surface area (Å²) >= 11 is 0. The summed E-state index contributed by atoms with van der Waals surface area (Å²) in [5.74, 6) is -3.69. The van der Waals surface area contributed by atoms with Gasteiger partial charge in [0.1, 0.15) is 34.6 Å². The summed E-state index contributed by atoms with van der Waals surface area (Å²) in [6.07, 6.45) is 5.76. The van der Waals surface area contributed by atoms with Crippen LogP contribution >= 0.6 is 0 Å². The number of hydrogen-bond donors (Lipinski definition) is 2. The van der Waals surface area contributed by atoms with Gasteiger partial charge in [-0.1, -0.05) is 21.3 Å². The average Bonchev–Trinajstić information content (AvgIpc) is 2.78. The second kappa shape index (κ2) is 10.7. The first-order valence-corrected chi connectivity index (χ1v) is 11.3. The number of hydrogen-bond acceptors (Lipinski definition) is 5. The van der Waals surface area contributed by atoms with Gasteiger partial charge in [-0.2, -0.15) is 0 Å². The van der Waals surface area contributed by atoms with Gasteiger partial charge in [0.05, 0.1) is 24.6 Å². The van der Waals surface area contributed by atoms with Crippen molar-refractivity contribution >= 4 is 11.6 Å². The molecule has 0 unspecified atom stereocenters. The van der Waals surface area contributed by atoms with Crippen LogP contribution in [0.15, 0.2) is 42.7 Å². The molecule has 1 aliphatic rings. The number of ether oxygens (including phenoxy) is 1. The van der Waals surface area contributed by atoms with Crippen molar-refractivity contribution in [1.82, 2.24) is 9.97 Å². The molecular weight excluding hydrogens is 469 g/mol. The molecule has 1 aromatic carbocycles. The monoisotopic (exact) mass is 502 g/mol. The highest BCUT2D eigenvalue weighted by molar-refractivity contribution is 6.03. The molecule has 0 aliphatic heterocycles. The third-order valence-corrected chi connectivity index (χ3v) is 6.31. The van der Waals surface area contributed by atoms with Crippen LogP contribution in [0.2, 0.25) is 0 Å². The minimum atomic E-state index is -1.06. The number of benzene rings is 1. The average molecular weight is 503 g/mol. The number of rotatable bonds is 5. The van der Waals surface area contributed by atoms with Crippen LogP contribution in [0.4, 0.5) is 18.9 Å². The number of amides is 1. The van der Waals surface area contributed by atoms with Gasteiger partial charge < -0.3 is 15.8 Å². The highest BCUT2D eigenvalue weighted by atomic mass is 19.1. The minimum absolute atomic E-state index is 0. The Hall–Kier alpha value is -3.46. The molecular formula is C27H33F3N4O2. The van der Waals surface area contributed by atoms with Gasteiger partial charge in [-0.3, -0.25) is 9.78 Å². The molecule has 0 saturated heterocycles. The van der Waals surface area contributed by atoms with Crippen LogP contribution in [-0.2, 0) is 0 Å². The van der Waals surface area contributed by atoms with Gasteiger partial charge in [0.2, 0.25) is 0 Å². The Labute approximate surface area is 210 Å². The Balaban J connectivity index is 0.00000241. The standard InChI is InChI=1S/C26H27F3N4O2.CH4.H2/c1-26(2)11-14(8-15(30)12-26)17-6-7-31-13-22(17)33-25(34)21-5-4-18(27)24(32-21)23-19(28)9-16(35-3)10-20(23)29;;/h4-7,9-10,13-15H,8,11-12,30H2,1-3H3,(H,33,34);1H4;1H/t14-,15+;;/m0../s1. The van der Waals surface area contributed by atoms with Gasteiger partial charge in [0.15, 0.2) is 0 Å². The van der Waals surface area contributed by atoms with Crippen LogP contribution < -0.4 is 15.8 Å². The number of pyridine rings is 2. The lowest BCUT2D eigenvalue weighted by Gasteiger charge is -2.39. The second-order valence-electron chi connectivity index (χ2n) is 9.68. The molecule has 3 N–H and O–H groups in total. The molecule has 0 bridgehead atoms. The summed E-state index contributed by atoms with van der Waals surface area (Å²) in [6.45, 7) is 4.33. The number of halogens is 3. The minimum Gasteiger partial charge on any atom is -0.497 e. The molecule has 1 aliphatic carbocycles. The van der Waals surface area contributed by atoms with E-state index in [1.54, 1.807) is 6.20 Å². The van der Waals surface area contributed by atoms with Crippen molar-refractivity contribution in [2.45, 2.75) is 52.5 Å². The smallest absolute Gasteiger partial charge is 0.274 e. The number of nitrogens with one attached hydrogen (secondary N) is 1. The topological polar surface area (TPSA) is 90.1 Å². The molecule has 1 amide bonds. The Morgan fingerprint density at radius 2 is 1.83 bits per heavy atom. The number of nitrogens with zero attached hydrogens (tertiary/aromatic N) is 2. The zero-order chi connectivity index (χ0) is 25.3. The summed E-state index contributed by atoms with van der Waals surface area (Å²) in [5.41, 5.74) is 6.23. The van der Waals surface area contributed by atoms with Crippen molar-refractivity contribution in [2.75, 3.05) is 12.4 Å². The van der Waals surface area contributed by atoms with E-state index in [0.29, 0.717) is 5.69 Å². The molecule has 36 heavy (non-hydrogen) atoms. The molecule has 1 fully saturated rings. The summed E-state index contributed by atoms with van der Waals surface area (Å²) in [6, 6.07) is 5.84. The van der Waals surface area contributed by atoms with E-state index < -0.39 is 34.6 Å². The molecule has 4 rings (SSSR count). The van der Waals surface area contributed by atoms with E-state index in [2.05, 4.69) is 29.1 Å². The van der Waals surface area contributed by atoms with Crippen LogP contribution in [0.5, 0.6) is 5.75 Å². The zero-order valence-electron chi connectivity index (χ0n) is 19.7. The molecule has 194 valence electrons. The Morgan fingerprint density at radius 1 is 1.14 bits per heavy atom. The van der Waals surface area contributed by atoms with E-state index >= 15 is 0 Å². The fourth-order valence-electron chi connectivity index (χ4n) is 4.92. The van der Waals surface area contributed by atoms with E-state index in [-0.39, 0.29) is 37.7 Å². The zero-order valence-corrected chi connectivity index (χ0v) is 19.7. The second-order valence-corrected chi connectivity index (χ2v) is 9.68. The summed E-state index contributed by atoms with van der Waals surface area (Å²) in [4.78, 5) is 21.1. The van der Waals surface area contributed by atoms with E-state index in [0.717, 1.165) is 49.1 Å². The number of nitrogens with two attached hydrogens (primary N) is 1. The molecule has 0 radical (unpaired) electrons. The fraction of sp³-hybridized carbons (Fsp3) is 0.370. The van der Waals surface area contributed by atoms with Crippen LogP contribution in [0, 0.1) is 22.9 Å². The van der Waals surface area contributed by atoms with Crippen LogP contribution in [0.1, 0.15) is 63.9 Å². The lowest BCUT2D eigenvalue weighted by molar-refractivity contribution is 0.102. The number of carbonyl (C=O) groups excluding carboxylic acids is 1. The van der Waals surface area contributed by atoms with E-state index in [1.165, 1.54) is 13.3 Å². The first-order valence-electron chi connectivity index (χ1n) is 11.3. The lowest BCUT2D eigenvalue weighted by atomic mass is 9.68. The fourth-order valence-corrected chi connectivity index (χ4v) is 4.92. The lowest BCUT2D eigenvalue weighted by Crippen LogP contribution is -2.36. The normalized spacial score (nSPS) is 18.8. The Kier molecular flexibility index (Phi) is 8.03. The van der Waals surface area contributed by atoms with Gasteiger partial charge >= 0.3 is 0 Å². The van der Waals surface area contributed by atoms with Gasteiger partial charge in [0.25, 0.3) is 5.91 Å². The first kappa shape index (κ1) is 27.1. The first-order chi connectivity index (χ1) is 16.6. The molecule has 9 heteroatoms. The number of aromatic nitrogens is 2. The Bertz CT molecular complexity index is 1250. The maximum Gasteiger partial charge on any atom is 0.274 e. The van der Waals surface area contributed by atoms with Crippen molar-refractivity contribution in [3.8, 4) is 17.0 Å². The molecule has 1 saturated carbocycles. The highest BCUT2D eigenvalue weighted by Gasteiger charge is 2.34. The highest BCUT2D eigenvalue weighted by Crippen LogP contribution is 2.44. The van der Waals surface area contributed by atoms with E-state index in [4.69, 9.17) is 10.5 Å². The van der Waals surface area contributed by atoms with Crippen molar-refractivity contribution in [1.29, 1.82) is 0 Å². The summed E-state index contributed by atoms with van der Waals surface area (Å²) < 4.78 is 48.5. The third kappa shape index (κ3) is 5.67. The molecule has 0 spiro atoms. The molecule has 3 aromatic rings. The van der Waals surface area contributed by atoms with Gasteiger partial charge in [0, 0.05) is 25.8 Å². The van der Waals surface area contributed by atoms with Crippen LogP contribution in [-0.4, -0.2) is 29.0 Å². The largest absolute Gasteiger partial charge is 0.497 e. The molecule has 2 atom stereocenters. The van der Waals surface area contributed by atoms with E-state index in [9.17, 15) is 18.0 Å². The SMILES string of the molecule is C.COc1cc(F)c(-c2nc(C(=O)Nc3cnccc3[C@H]3C[C@@H](N)CC(C)(C)C3)ccc2F)c(F)c1.[HH]. The maximum absolute atomic E-state index is 14.6. The molecule has 2 heterocycles. The molecule has 2 aromatic heterocycles. The Morgan fingerprint density at radius 3 is 2.47 bits per heavy atom. The quantitative estimate of drug-likeness (QED) is 0.426. The van der Waals surface area contributed by atoms with Crippen LogP contribution in [0.25, 0.3) is 11.3 Å². The van der Waals surface area contributed by atoms with Crippen molar-refractivity contribution in [3.63, 3.8) is 0 Å². The summed E-state index contributed by atoms with van der Waals surface area (Å²) in [7, 11) is 1.26. The van der Waals surface area contributed by atoms with E-state index in [1.807, 2.05) is 6.07 Å². The van der Waals surface area contributed by atoms with Gasteiger partial charge in [-0.25, -0.2) is 18.2 Å². The number of methoxy groups -OCH3 is 1. The number of anilines is 1. The predicted molar refractivity (Wildman–Crippen MR) is 135 cm³/mol. The van der Waals surface area contributed by atoms with Gasteiger partial charge in [-0.15, -0.1) is 0 Å². The molecule has 6 nitrogen and oxygen atoms in total. The number of carbonyl (C=O) groups is 1. The third-order valence-electron chi connectivity index (χ3n) is 6.31. The summed E-state index contributed by atoms with van der Waals surface area (Å²) in [5, 5.41) is 2.78. The van der Waals surface area contributed by atoms with Crippen molar-refractivity contribution < 1.29 is 24.1 Å².